The fourth-order valence-electron chi connectivity index (χ4n) is 1.93. The van der Waals surface area contributed by atoms with Crippen LogP contribution in [0.5, 0.6) is 0 Å². The molecule has 0 aliphatic rings. The fourth-order valence-corrected chi connectivity index (χ4v) is 2.78. The minimum absolute atomic E-state index is 0.674. The van der Waals surface area contributed by atoms with E-state index in [0.29, 0.717) is 6.42 Å². The average Bonchev–Trinajstić information content (AvgIpc) is 2.73. The molecular formula is C15H18OS. The largest absolute Gasteiger partial charge is 0.385 e. The standard InChI is InChI=1S/C15H18OS/c1-11-6-7-13(9-12(11)2)15(3,16)10-14-5-4-8-17-14/h4-9,16H,10H2,1-3H3. The lowest BCUT2D eigenvalue weighted by molar-refractivity contribution is 0.0584. The topological polar surface area (TPSA) is 20.2 Å². The number of hydrogen-bond donors (Lipinski definition) is 1. The zero-order valence-corrected chi connectivity index (χ0v) is 11.3. The maximum absolute atomic E-state index is 10.6. The molecule has 17 heavy (non-hydrogen) atoms. The van der Waals surface area contributed by atoms with Gasteiger partial charge in [-0.3, -0.25) is 0 Å². The SMILES string of the molecule is Cc1ccc(C(C)(O)Cc2cccs2)cc1C. The van der Waals surface area contributed by atoms with Crippen molar-refractivity contribution in [3.05, 3.63) is 57.3 Å². The van der Waals surface area contributed by atoms with Crippen molar-refractivity contribution < 1.29 is 5.11 Å². The van der Waals surface area contributed by atoms with Gasteiger partial charge >= 0.3 is 0 Å². The Morgan fingerprint density at radius 3 is 2.53 bits per heavy atom. The maximum Gasteiger partial charge on any atom is 0.0916 e. The quantitative estimate of drug-likeness (QED) is 0.873. The summed E-state index contributed by atoms with van der Waals surface area (Å²) in [5.41, 5.74) is 2.70. The third kappa shape index (κ3) is 2.76. The molecule has 0 spiro atoms. The van der Waals surface area contributed by atoms with Crippen molar-refractivity contribution in [2.45, 2.75) is 32.8 Å². The molecule has 1 aromatic heterocycles. The highest BCUT2D eigenvalue weighted by Gasteiger charge is 2.24. The molecule has 1 atom stereocenters. The van der Waals surface area contributed by atoms with E-state index in [1.807, 2.05) is 24.4 Å². The van der Waals surface area contributed by atoms with E-state index in [-0.39, 0.29) is 0 Å². The Morgan fingerprint density at radius 1 is 1.18 bits per heavy atom. The summed E-state index contributed by atoms with van der Waals surface area (Å²) in [6.45, 7) is 6.06. The summed E-state index contributed by atoms with van der Waals surface area (Å²) in [5.74, 6) is 0. The zero-order valence-electron chi connectivity index (χ0n) is 10.5. The van der Waals surface area contributed by atoms with Crippen molar-refractivity contribution in [2.75, 3.05) is 0 Å². The molecule has 0 amide bonds. The molecule has 0 aliphatic carbocycles. The van der Waals surface area contributed by atoms with E-state index in [0.717, 1.165) is 5.56 Å². The van der Waals surface area contributed by atoms with Crippen LogP contribution in [0.1, 0.15) is 28.5 Å². The van der Waals surface area contributed by atoms with Crippen LogP contribution >= 0.6 is 11.3 Å². The average molecular weight is 246 g/mol. The summed E-state index contributed by atoms with van der Waals surface area (Å²) < 4.78 is 0. The van der Waals surface area contributed by atoms with E-state index >= 15 is 0 Å². The highest BCUT2D eigenvalue weighted by Crippen LogP contribution is 2.28. The number of thiophene rings is 1. The van der Waals surface area contributed by atoms with E-state index in [4.69, 9.17) is 0 Å². The maximum atomic E-state index is 10.6. The van der Waals surface area contributed by atoms with Gasteiger partial charge in [-0.2, -0.15) is 0 Å². The summed E-state index contributed by atoms with van der Waals surface area (Å²) in [6.07, 6.45) is 0.674. The first-order valence-corrected chi connectivity index (χ1v) is 6.69. The molecule has 0 bridgehead atoms. The molecule has 0 radical (unpaired) electrons. The molecule has 1 nitrogen and oxygen atoms in total. The van der Waals surface area contributed by atoms with Crippen molar-refractivity contribution in [2.24, 2.45) is 0 Å². The van der Waals surface area contributed by atoms with E-state index in [9.17, 15) is 5.11 Å². The third-order valence-corrected chi connectivity index (χ3v) is 4.10. The van der Waals surface area contributed by atoms with Gasteiger partial charge in [-0.15, -0.1) is 11.3 Å². The molecule has 1 N–H and O–H groups in total. The summed E-state index contributed by atoms with van der Waals surface area (Å²) in [5, 5.41) is 12.6. The monoisotopic (exact) mass is 246 g/mol. The van der Waals surface area contributed by atoms with E-state index in [1.54, 1.807) is 11.3 Å². The fraction of sp³-hybridized carbons (Fsp3) is 0.333. The van der Waals surface area contributed by atoms with Crippen LogP contribution in [0.25, 0.3) is 0 Å². The lowest BCUT2D eigenvalue weighted by Gasteiger charge is -2.24. The van der Waals surface area contributed by atoms with Crippen molar-refractivity contribution in [3.63, 3.8) is 0 Å². The van der Waals surface area contributed by atoms with Crippen LogP contribution in [0.15, 0.2) is 35.7 Å². The summed E-state index contributed by atoms with van der Waals surface area (Å²) in [4.78, 5) is 1.22. The third-order valence-electron chi connectivity index (χ3n) is 3.23. The van der Waals surface area contributed by atoms with Crippen LogP contribution in [0.2, 0.25) is 0 Å². The second kappa shape index (κ2) is 4.63. The van der Waals surface area contributed by atoms with Gasteiger partial charge in [-0.05, 0) is 48.9 Å². The number of aryl methyl sites for hydroxylation is 2. The molecule has 0 saturated carbocycles. The zero-order chi connectivity index (χ0) is 12.5. The van der Waals surface area contributed by atoms with Crippen LogP contribution in [0, 0.1) is 13.8 Å². The number of aliphatic hydroxyl groups is 1. The second-order valence-corrected chi connectivity index (χ2v) is 5.86. The first kappa shape index (κ1) is 12.3. The van der Waals surface area contributed by atoms with Crippen LogP contribution in [0.3, 0.4) is 0 Å². The van der Waals surface area contributed by atoms with Crippen molar-refractivity contribution in [1.29, 1.82) is 0 Å². The predicted molar refractivity (Wildman–Crippen MR) is 73.5 cm³/mol. The van der Waals surface area contributed by atoms with E-state index in [2.05, 4.69) is 32.0 Å². The lowest BCUT2D eigenvalue weighted by Crippen LogP contribution is -2.23. The van der Waals surface area contributed by atoms with Gasteiger partial charge in [0.25, 0.3) is 0 Å². The van der Waals surface area contributed by atoms with E-state index < -0.39 is 5.60 Å². The number of hydrogen-bond acceptors (Lipinski definition) is 2. The predicted octanol–water partition coefficient (Wildman–Crippen LogP) is 3.82. The van der Waals surface area contributed by atoms with E-state index in [1.165, 1.54) is 16.0 Å². The summed E-state index contributed by atoms with van der Waals surface area (Å²) in [7, 11) is 0. The lowest BCUT2D eigenvalue weighted by atomic mass is 9.90. The molecule has 1 unspecified atom stereocenters. The highest BCUT2D eigenvalue weighted by molar-refractivity contribution is 7.09. The molecule has 1 aromatic carbocycles. The Hall–Kier alpha value is -1.12. The van der Waals surface area contributed by atoms with Crippen LogP contribution < -0.4 is 0 Å². The van der Waals surface area contributed by atoms with Crippen molar-refractivity contribution in [3.8, 4) is 0 Å². The van der Waals surface area contributed by atoms with Gasteiger partial charge in [-0.1, -0.05) is 24.3 Å². The number of benzene rings is 1. The Kier molecular flexibility index (Phi) is 3.36. The molecular weight excluding hydrogens is 228 g/mol. The Bertz CT molecular complexity index is 498. The Balaban J connectivity index is 2.27. The molecule has 2 heteroatoms. The first-order valence-electron chi connectivity index (χ1n) is 5.81. The number of rotatable bonds is 3. The van der Waals surface area contributed by atoms with Gasteiger partial charge in [-0.25, -0.2) is 0 Å². The van der Waals surface area contributed by atoms with Gasteiger partial charge in [0.1, 0.15) is 0 Å². The van der Waals surface area contributed by atoms with Gasteiger partial charge < -0.3 is 5.11 Å². The van der Waals surface area contributed by atoms with Crippen molar-refractivity contribution >= 4 is 11.3 Å². The van der Waals surface area contributed by atoms with Gasteiger partial charge in [0.05, 0.1) is 5.60 Å². The molecule has 0 fully saturated rings. The molecule has 90 valence electrons. The molecule has 2 rings (SSSR count). The molecule has 0 saturated heterocycles. The minimum atomic E-state index is -0.788. The van der Waals surface area contributed by atoms with Gasteiger partial charge in [0.15, 0.2) is 0 Å². The Labute approximate surface area is 107 Å². The van der Waals surface area contributed by atoms with Gasteiger partial charge in [0, 0.05) is 11.3 Å². The summed E-state index contributed by atoms with van der Waals surface area (Å²) in [6, 6.07) is 10.3. The second-order valence-electron chi connectivity index (χ2n) is 4.83. The van der Waals surface area contributed by atoms with Gasteiger partial charge in [0.2, 0.25) is 0 Å². The normalized spacial score (nSPS) is 14.6. The minimum Gasteiger partial charge on any atom is -0.385 e. The van der Waals surface area contributed by atoms with Crippen molar-refractivity contribution in [1.82, 2.24) is 0 Å². The molecule has 0 aliphatic heterocycles. The summed E-state index contributed by atoms with van der Waals surface area (Å²) >= 11 is 1.69. The molecule has 2 aromatic rings. The van der Waals surface area contributed by atoms with Crippen LogP contribution in [0.4, 0.5) is 0 Å². The Morgan fingerprint density at radius 2 is 1.94 bits per heavy atom. The van der Waals surface area contributed by atoms with Crippen LogP contribution in [-0.4, -0.2) is 5.11 Å². The molecule has 1 heterocycles. The highest BCUT2D eigenvalue weighted by atomic mass is 32.1. The first-order chi connectivity index (χ1) is 7.99. The smallest absolute Gasteiger partial charge is 0.0916 e. The van der Waals surface area contributed by atoms with Crippen LogP contribution in [-0.2, 0) is 12.0 Å².